The molecule has 418 valence electrons. The van der Waals surface area contributed by atoms with Crippen LogP contribution in [0.15, 0.2) is 315 Å². The Morgan fingerprint density at radius 1 is 0.189 bits per heavy atom. The lowest BCUT2D eigenvalue weighted by atomic mass is 10.0. The molecular weight excluding hydrogens is 1090 g/mol. The Morgan fingerprint density at radius 2 is 0.489 bits per heavy atom. The van der Waals surface area contributed by atoms with Crippen molar-refractivity contribution in [1.82, 2.24) is 28.2 Å². The van der Waals surface area contributed by atoms with E-state index in [4.69, 9.17) is 9.97 Å². The van der Waals surface area contributed by atoms with Gasteiger partial charge in [-0.3, -0.25) is 0 Å². The second-order valence-electron chi connectivity index (χ2n) is 23.7. The lowest BCUT2D eigenvalue weighted by molar-refractivity contribution is 1.17. The predicted octanol–water partition coefficient (Wildman–Crippen LogP) is 21.8. The van der Waals surface area contributed by atoms with E-state index in [1.807, 2.05) is 0 Å². The summed E-state index contributed by atoms with van der Waals surface area (Å²) >= 11 is 0. The number of para-hydroxylation sites is 6. The maximum absolute atomic E-state index is 5.52. The van der Waals surface area contributed by atoms with Crippen LogP contribution in [0.3, 0.4) is 0 Å². The number of fused-ring (bicyclic) bond motifs is 15. The zero-order valence-electron chi connectivity index (χ0n) is 48.7. The highest BCUT2D eigenvalue weighted by atomic mass is 15.0. The lowest BCUT2D eigenvalue weighted by Gasteiger charge is -2.14. The molecule has 0 saturated heterocycles. The van der Waals surface area contributed by atoms with Crippen LogP contribution < -0.4 is 0 Å². The molecule has 0 fully saturated rings. The van der Waals surface area contributed by atoms with Gasteiger partial charge >= 0.3 is 0 Å². The molecule has 5 aromatic heterocycles. The molecule has 0 atom stereocenters. The molecule has 5 heterocycles. The largest absolute Gasteiger partial charge is 0.309 e. The second-order valence-corrected chi connectivity index (χ2v) is 23.7. The van der Waals surface area contributed by atoms with Crippen LogP contribution in [-0.4, -0.2) is 28.2 Å². The molecule has 0 bridgehead atoms. The molecule has 19 aromatic rings. The predicted molar refractivity (Wildman–Crippen MR) is 376 cm³/mol. The highest BCUT2D eigenvalue weighted by molar-refractivity contribution is 6.15. The van der Waals surface area contributed by atoms with E-state index >= 15 is 0 Å². The molecule has 6 nitrogen and oxygen atoms in total. The summed E-state index contributed by atoms with van der Waals surface area (Å²) in [4.78, 5) is 11.0. The van der Waals surface area contributed by atoms with Crippen molar-refractivity contribution in [2.45, 2.75) is 0 Å². The van der Waals surface area contributed by atoms with Gasteiger partial charge in [0.15, 0.2) is 5.82 Å². The summed E-state index contributed by atoms with van der Waals surface area (Å²) in [5.74, 6) is 0.676. The molecule has 14 aromatic carbocycles. The fraction of sp³-hybridized carbons (Fsp3) is 0. The number of rotatable bonds is 8. The van der Waals surface area contributed by atoms with Gasteiger partial charge in [0, 0.05) is 87.7 Å². The molecule has 90 heavy (non-hydrogen) atoms. The van der Waals surface area contributed by atoms with E-state index in [2.05, 4.69) is 334 Å². The quantitative estimate of drug-likeness (QED) is 0.142. The van der Waals surface area contributed by atoms with Gasteiger partial charge in [-0.05, 0) is 143 Å². The average molecular weight is 1150 g/mol. The Hall–Kier alpha value is -12.1. The van der Waals surface area contributed by atoms with Gasteiger partial charge in [-0.1, -0.05) is 200 Å². The van der Waals surface area contributed by atoms with E-state index < -0.39 is 0 Å². The van der Waals surface area contributed by atoms with Crippen LogP contribution in [0, 0.1) is 0 Å². The highest BCUT2D eigenvalue weighted by Gasteiger charge is 2.21. The first kappa shape index (κ1) is 50.1. The van der Waals surface area contributed by atoms with E-state index in [1.54, 1.807) is 0 Å². The maximum Gasteiger partial charge on any atom is 0.160 e. The Balaban J connectivity index is 0.710. The van der Waals surface area contributed by atoms with Crippen molar-refractivity contribution in [3.63, 3.8) is 0 Å². The van der Waals surface area contributed by atoms with Crippen LogP contribution >= 0.6 is 0 Å². The summed E-state index contributed by atoms with van der Waals surface area (Å²) in [6.45, 7) is 0. The van der Waals surface area contributed by atoms with Gasteiger partial charge < -0.3 is 18.3 Å². The molecule has 0 aliphatic rings. The maximum atomic E-state index is 5.52. The van der Waals surface area contributed by atoms with Gasteiger partial charge in [-0.2, -0.15) is 0 Å². The molecule has 0 amide bonds. The minimum Gasteiger partial charge on any atom is -0.309 e. The van der Waals surface area contributed by atoms with E-state index in [9.17, 15) is 0 Å². The van der Waals surface area contributed by atoms with Gasteiger partial charge in [-0.25, -0.2) is 9.97 Å². The smallest absolute Gasteiger partial charge is 0.160 e. The molecule has 0 radical (unpaired) electrons. The van der Waals surface area contributed by atoms with Crippen molar-refractivity contribution in [3.8, 4) is 67.6 Å². The summed E-state index contributed by atoms with van der Waals surface area (Å²) in [5.41, 5.74) is 22.2. The Kier molecular flexibility index (Phi) is 11.0. The minimum atomic E-state index is 0.676. The van der Waals surface area contributed by atoms with Crippen molar-refractivity contribution in [2.24, 2.45) is 0 Å². The summed E-state index contributed by atoms with van der Waals surface area (Å²) in [6.07, 6.45) is 0. The van der Waals surface area contributed by atoms with Crippen LogP contribution in [-0.2, 0) is 0 Å². The summed E-state index contributed by atoms with van der Waals surface area (Å²) in [6, 6.07) is 115. The van der Waals surface area contributed by atoms with Crippen molar-refractivity contribution >= 4 is 109 Å². The van der Waals surface area contributed by atoms with Crippen LogP contribution in [0.25, 0.3) is 177 Å². The molecule has 0 aliphatic heterocycles. The topological polar surface area (TPSA) is 45.5 Å². The standard InChI is InChI=1S/C84H52N6/c1-3-18-60(19-4-1)87-74-27-13-9-23-65(74)69-44-36-56(49-78(69)87)58-38-46-71-67-25-11-15-29-76(67)89(80(71)51-58)62-40-31-54(32-41-62)82-73-48-35-53-17-7-8-22-64(53)83(73)86-84(85-82)55-33-42-63(43-34-55)90-77-30-16-12-26-68(77)72-47-39-59(52-81(72)90)57-37-45-70-66-24-10-14-28-75(66)88(79(70)50-57)61-20-5-2-6-21-61/h1-52H. The van der Waals surface area contributed by atoms with Crippen LogP contribution in [0.4, 0.5) is 0 Å². The first-order chi connectivity index (χ1) is 44.6. The van der Waals surface area contributed by atoms with Crippen LogP contribution in [0.1, 0.15) is 0 Å². The minimum absolute atomic E-state index is 0.676. The summed E-state index contributed by atoms with van der Waals surface area (Å²) in [7, 11) is 0. The third-order valence-corrected chi connectivity index (χ3v) is 18.8. The Labute approximate surface area is 517 Å². The van der Waals surface area contributed by atoms with Crippen LogP contribution in [0.5, 0.6) is 0 Å². The molecule has 0 saturated carbocycles. The molecule has 6 heteroatoms. The SMILES string of the molecule is c1ccc(-n2c3ccccc3c3ccc(-c4ccc5c6ccccc6n(-c6ccc(-c7nc(-c8ccc(-n9c%10ccccc%10c%10ccc(-c%11ccc%12c%13ccccc%13n(-c%13ccccc%13)c%12c%11)cc%109)cc8)c8ccc9ccccc9c8n7)cc6)c5c4)cc32)cc1. The number of benzene rings is 14. The molecular formula is C84H52N6. The Morgan fingerprint density at radius 3 is 0.889 bits per heavy atom. The number of nitrogens with zero attached hydrogens (tertiary/aromatic N) is 6. The van der Waals surface area contributed by atoms with Crippen molar-refractivity contribution in [2.75, 3.05) is 0 Å². The molecule has 0 unspecified atom stereocenters. The fourth-order valence-electron chi connectivity index (χ4n) is 14.6. The monoisotopic (exact) mass is 1140 g/mol. The summed E-state index contributed by atoms with van der Waals surface area (Å²) in [5, 5.41) is 13.1. The first-order valence-corrected chi connectivity index (χ1v) is 30.8. The number of hydrogen-bond acceptors (Lipinski definition) is 2. The molecule has 19 rings (SSSR count). The third kappa shape index (κ3) is 7.65. The van der Waals surface area contributed by atoms with Gasteiger partial charge in [0.05, 0.1) is 55.3 Å². The zero-order valence-corrected chi connectivity index (χ0v) is 48.7. The Bertz CT molecular complexity index is 6120. The highest BCUT2D eigenvalue weighted by Crippen LogP contribution is 2.42. The first-order valence-electron chi connectivity index (χ1n) is 30.8. The molecule has 0 aliphatic carbocycles. The molecule has 0 N–H and O–H groups in total. The van der Waals surface area contributed by atoms with Crippen molar-refractivity contribution in [1.29, 1.82) is 0 Å². The van der Waals surface area contributed by atoms with Crippen molar-refractivity contribution < 1.29 is 0 Å². The third-order valence-electron chi connectivity index (χ3n) is 18.8. The lowest BCUT2D eigenvalue weighted by Crippen LogP contribution is -1.98. The average Bonchev–Trinajstić information content (AvgIpc) is 1.94. The molecule has 0 spiro atoms. The van der Waals surface area contributed by atoms with E-state index in [-0.39, 0.29) is 0 Å². The zero-order chi connectivity index (χ0) is 59.0. The van der Waals surface area contributed by atoms with Crippen LogP contribution in [0.2, 0.25) is 0 Å². The van der Waals surface area contributed by atoms with Crippen molar-refractivity contribution in [3.05, 3.63) is 315 Å². The number of aromatic nitrogens is 6. The van der Waals surface area contributed by atoms with E-state index in [1.165, 1.54) is 76.3 Å². The van der Waals surface area contributed by atoms with E-state index in [0.717, 1.165) is 94.4 Å². The summed E-state index contributed by atoms with van der Waals surface area (Å²) < 4.78 is 9.61. The van der Waals surface area contributed by atoms with E-state index in [0.29, 0.717) is 5.82 Å². The van der Waals surface area contributed by atoms with Gasteiger partial charge in [0.1, 0.15) is 0 Å². The fourth-order valence-corrected chi connectivity index (χ4v) is 14.6. The van der Waals surface area contributed by atoms with Gasteiger partial charge in [0.25, 0.3) is 0 Å². The van der Waals surface area contributed by atoms with Gasteiger partial charge in [0.2, 0.25) is 0 Å². The normalized spacial score (nSPS) is 12.0. The van der Waals surface area contributed by atoms with Gasteiger partial charge in [-0.15, -0.1) is 0 Å². The number of hydrogen-bond donors (Lipinski definition) is 0. The second kappa shape index (κ2) is 19.7.